The molecular weight excluding hydrogens is 456 g/mol. The zero-order chi connectivity index (χ0) is 25.8. The Bertz CT molecular complexity index is 1270. The Labute approximate surface area is 201 Å². The molecule has 0 fully saturated rings. The van der Waals surface area contributed by atoms with Gasteiger partial charge in [0.15, 0.2) is 5.78 Å². The van der Waals surface area contributed by atoms with Gasteiger partial charge in [-0.05, 0) is 75.2 Å². The van der Waals surface area contributed by atoms with Crippen molar-refractivity contribution in [1.29, 1.82) is 0 Å². The van der Waals surface area contributed by atoms with Gasteiger partial charge in [0.2, 0.25) is 0 Å². The predicted molar refractivity (Wildman–Crippen MR) is 128 cm³/mol. The number of halogens is 2. The van der Waals surface area contributed by atoms with Gasteiger partial charge in [-0.3, -0.25) is 19.9 Å². The van der Waals surface area contributed by atoms with Gasteiger partial charge in [-0.2, -0.15) is 0 Å². The number of benzene rings is 2. The maximum absolute atomic E-state index is 14.4. The highest BCUT2D eigenvalue weighted by molar-refractivity contribution is 6.04. The first-order valence-corrected chi connectivity index (χ1v) is 10.8. The fourth-order valence-corrected chi connectivity index (χ4v) is 3.03. The zero-order valence-electron chi connectivity index (χ0n) is 19.7. The highest BCUT2D eigenvalue weighted by Gasteiger charge is 2.18. The zero-order valence-corrected chi connectivity index (χ0v) is 19.7. The summed E-state index contributed by atoms with van der Waals surface area (Å²) in [6.45, 7) is 6.69. The third-order valence-electron chi connectivity index (χ3n) is 4.77. The Morgan fingerprint density at radius 2 is 1.69 bits per heavy atom. The largest absolute Gasteiger partial charge is 0.444 e. The van der Waals surface area contributed by atoms with Crippen LogP contribution in [-0.4, -0.2) is 28.4 Å². The van der Waals surface area contributed by atoms with E-state index in [1.165, 1.54) is 36.5 Å². The second-order valence-electron chi connectivity index (χ2n) is 8.89. The minimum Gasteiger partial charge on any atom is -0.444 e. The molecule has 0 aliphatic carbocycles. The van der Waals surface area contributed by atoms with E-state index in [1.54, 1.807) is 39.8 Å². The van der Waals surface area contributed by atoms with Crippen molar-refractivity contribution in [3.8, 4) is 0 Å². The number of rotatable bonds is 6. The van der Waals surface area contributed by atoms with Crippen LogP contribution < -0.4 is 10.6 Å². The SMILES string of the molecule is Cc1ccc(NC(=O)c2ccc(C(=O)Cc3ccc(NC(=O)OC(C)(C)C)c(F)c3)nc2)cc1F. The summed E-state index contributed by atoms with van der Waals surface area (Å²) in [5.41, 5.74) is 0.621. The van der Waals surface area contributed by atoms with Gasteiger partial charge >= 0.3 is 6.09 Å². The number of ether oxygens (including phenoxy) is 1. The Morgan fingerprint density at radius 3 is 2.29 bits per heavy atom. The van der Waals surface area contributed by atoms with E-state index in [9.17, 15) is 23.2 Å². The lowest BCUT2D eigenvalue weighted by Gasteiger charge is -2.19. The summed E-state index contributed by atoms with van der Waals surface area (Å²) < 4.78 is 33.2. The highest BCUT2D eigenvalue weighted by atomic mass is 19.1. The van der Waals surface area contributed by atoms with Crippen molar-refractivity contribution >= 4 is 29.2 Å². The monoisotopic (exact) mass is 481 g/mol. The maximum atomic E-state index is 14.4. The number of carbonyl (C=O) groups excluding carboxylic acids is 3. The van der Waals surface area contributed by atoms with Gasteiger partial charge in [0.05, 0.1) is 11.3 Å². The molecule has 0 saturated heterocycles. The van der Waals surface area contributed by atoms with Crippen molar-refractivity contribution in [2.75, 3.05) is 10.6 Å². The van der Waals surface area contributed by atoms with Gasteiger partial charge in [0, 0.05) is 18.3 Å². The molecule has 3 aromatic rings. The van der Waals surface area contributed by atoms with Gasteiger partial charge in [-0.25, -0.2) is 13.6 Å². The number of nitrogens with zero attached hydrogens (tertiary/aromatic N) is 1. The van der Waals surface area contributed by atoms with E-state index in [4.69, 9.17) is 4.74 Å². The summed E-state index contributed by atoms with van der Waals surface area (Å²) in [5.74, 6) is -2.04. The summed E-state index contributed by atoms with van der Waals surface area (Å²) >= 11 is 0. The number of carbonyl (C=O) groups is 3. The van der Waals surface area contributed by atoms with Crippen LogP contribution in [0.1, 0.15) is 52.7 Å². The predicted octanol–water partition coefficient (Wildman–Crippen LogP) is 5.69. The standard InChI is InChI=1S/C26H25F2N3O4/c1-15-5-8-18(13-19(15)27)30-24(33)17-7-10-22(29-14-17)23(32)12-16-6-9-21(20(28)11-16)31-25(34)35-26(2,3)4/h5-11,13-14H,12H2,1-4H3,(H,30,33)(H,31,34). The number of aryl methyl sites for hydroxylation is 1. The van der Waals surface area contributed by atoms with Crippen LogP contribution in [0.2, 0.25) is 0 Å². The van der Waals surface area contributed by atoms with Crippen molar-refractivity contribution in [2.45, 2.75) is 39.7 Å². The number of amides is 2. The summed E-state index contributed by atoms with van der Waals surface area (Å²) in [4.78, 5) is 40.8. The van der Waals surface area contributed by atoms with Crippen LogP contribution in [0.25, 0.3) is 0 Å². The molecule has 9 heteroatoms. The summed E-state index contributed by atoms with van der Waals surface area (Å²) in [6, 6.07) is 11.2. The second kappa shape index (κ2) is 10.4. The van der Waals surface area contributed by atoms with Gasteiger partial charge in [-0.1, -0.05) is 12.1 Å². The molecule has 0 aliphatic rings. The molecule has 1 aromatic heterocycles. The number of ketones is 1. The van der Waals surface area contributed by atoms with Gasteiger partial charge in [0.25, 0.3) is 5.91 Å². The van der Waals surface area contributed by atoms with Gasteiger partial charge in [-0.15, -0.1) is 0 Å². The van der Waals surface area contributed by atoms with E-state index in [0.29, 0.717) is 16.8 Å². The lowest BCUT2D eigenvalue weighted by atomic mass is 10.1. The van der Waals surface area contributed by atoms with Gasteiger partial charge in [0.1, 0.15) is 22.9 Å². The van der Waals surface area contributed by atoms with Crippen LogP contribution >= 0.6 is 0 Å². The van der Waals surface area contributed by atoms with Crippen LogP contribution in [0, 0.1) is 18.6 Å². The maximum Gasteiger partial charge on any atom is 0.412 e. The molecule has 0 spiro atoms. The first-order chi connectivity index (χ1) is 16.4. The molecule has 7 nitrogen and oxygen atoms in total. The minimum atomic E-state index is -0.791. The number of nitrogens with one attached hydrogen (secondary N) is 2. The van der Waals surface area contributed by atoms with E-state index >= 15 is 0 Å². The van der Waals surface area contributed by atoms with E-state index in [0.717, 1.165) is 6.07 Å². The van der Waals surface area contributed by atoms with Crippen molar-refractivity contribution < 1.29 is 27.9 Å². The molecule has 0 saturated carbocycles. The highest BCUT2D eigenvalue weighted by Crippen LogP contribution is 2.19. The van der Waals surface area contributed by atoms with Crippen LogP contribution in [0.4, 0.5) is 25.0 Å². The average Bonchev–Trinajstić information content (AvgIpc) is 2.77. The quantitative estimate of drug-likeness (QED) is 0.441. The number of aromatic nitrogens is 1. The van der Waals surface area contributed by atoms with Crippen LogP contribution in [-0.2, 0) is 11.2 Å². The molecule has 2 amide bonds. The number of pyridine rings is 1. The topological polar surface area (TPSA) is 97.4 Å². The van der Waals surface area contributed by atoms with Gasteiger partial charge < -0.3 is 10.1 Å². The molecule has 0 bridgehead atoms. The lowest BCUT2D eigenvalue weighted by molar-refractivity contribution is 0.0634. The van der Waals surface area contributed by atoms with E-state index in [1.807, 2.05) is 0 Å². The normalized spacial score (nSPS) is 11.0. The molecule has 2 aromatic carbocycles. The molecule has 0 atom stereocenters. The van der Waals surface area contributed by atoms with E-state index < -0.39 is 29.2 Å². The fourth-order valence-electron chi connectivity index (χ4n) is 3.03. The Balaban J connectivity index is 1.61. The smallest absolute Gasteiger partial charge is 0.412 e. The minimum absolute atomic E-state index is 0.0719. The number of hydrogen-bond acceptors (Lipinski definition) is 5. The molecule has 0 aliphatic heterocycles. The third-order valence-corrected chi connectivity index (χ3v) is 4.77. The Hall–Kier alpha value is -4.14. The van der Waals surface area contributed by atoms with Crippen molar-refractivity contribution in [3.63, 3.8) is 0 Å². The average molecular weight is 481 g/mol. The molecule has 35 heavy (non-hydrogen) atoms. The summed E-state index contributed by atoms with van der Waals surface area (Å²) in [5, 5.41) is 4.89. The molecular formula is C26H25F2N3O4. The van der Waals surface area contributed by atoms with Crippen LogP contribution in [0.15, 0.2) is 54.7 Å². The molecule has 182 valence electrons. The van der Waals surface area contributed by atoms with Crippen molar-refractivity contribution in [2.24, 2.45) is 0 Å². The summed E-state index contributed by atoms with van der Waals surface area (Å²) in [7, 11) is 0. The molecule has 2 N–H and O–H groups in total. The molecule has 0 radical (unpaired) electrons. The second-order valence-corrected chi connectivity index (χ2v) is 8.89. The van der Waals surface area contributed by atoms with Crippen LogP contribution in [0.3, 0.4) is 0 Å². The Kier molecular flexibility index (Phi) is 7.58. The number of anilines is 2. The Morgan fingerprint density at radius 1 is 0.943 bits per heavy atom. The van der Waals surface area contributed by atoms with Crippen LogP contribution in [0.5, 0.6) is 0 Å². The van der Waals surface area contributed by atoms with E-state index in [-0.39, 0.29) is 29.1 Å². The summed E-state index contributed by atoms with van der Waals surface area (Å²) in [6.07, 6.45) is 0.313. The number of Topliss-reactive ketones (excluding diaryl/α,β-unsaturated/α-hetero) is 1. The molecule has 0 unspecified atom stereocenters. The fraction of sp³-hybridized carbons (Fsp3) is 0.231. The van der Waals surface area contributed by atoms with Crippen molar-refractivity contribution in [3.05, 3.63) is 88.7 Å². The molecule has 3 rings (SSSR count). The third kappa shape index (κ3) is 7.17. The van der Waals surface area contributed by atoms with E-state index in [2.05, 4.69) is 15.6 Å². The first kappa shape index (κ1) is 25.5. The number of hydrogen-bond donors (Lipinski definition) is 2. The molecule has 1 heterocycles. The van der Waals surface area contributed by atoms with Crippen molar-refractivity contribution in [1.82, 2.24) is 4.98 Å². The lowest BCUT2D eigenvalue weighted by Crippen LogP contribution is -2.27. The first-order valence-electron chi connectivity index (χ1n) is 10.8.